The van der Waals surface area contributed by atoms with Crippen molar-refractivity contribution in [1.29, 1.82) is 0 Å². The van der Waals surface area contributed by atoms with E-state index in [9.17, 15) is 0 Å². The van der Waals surface area contributed by atoms with Crippen molar-refractivity contribution in [3.05, 3.63) is 18.0 Å². The van der Waals surface area contributed by atoms with Gasteiger partial charge >= 0.3 is 0 Å². The highest BCUT2D eigenvalue weighted by Crippen LogP contribution is 2.23. The normalized spacial score (nSPS) is 20.8. The molecule has 18 heavy (non-hydrogen) atoms. The molecule has 1 aliphatic rings. The number of hydrogen-bond acceptors (Lipinski definition) is 3. The highest BCUT2D eigenvalue weighted by atomic mass is 79.9. The van der Waals surface area contributed by atoms with Crippen LogP contribution in [0.3, 0.4) is 0 Å². The second kappa shape index (κ2) is 7.07. The maximum atomic E-state index is 4.47. The number of aromatic nitrogens is 2. The smallest absolute Gasteiger partial charge is 0.225 e. The summed E-state index contributed by atoms with van der Waals surface area (Å²) in [6, 6.07) is 0. The lowest BCUT2D eigenvalue weighted by Crippen LogP contribution is -2.26. The first kappa shape index (κ1) is 13.8. The Hall–Kier alpha value is -0.640. The van der Waals surface area contributed by atoms with E-state index in [1.165, 1.54) is 32.1 Å². The van der Waals surface area contributed by atoms with Gasteiger partial charge in [-0.15, -0.1) is 0 Å². The molecule has 3 nitrogen and oxygen atoms in total. The maximum Gasteiger partial charge on any atom is 0.225 e. The Morgan fingerprint density at radius 3 is 2.72 bits per heavy atom. The first-order valence-corrected chi connectivity index (χ1v) is 8.07. The third kappa shape index (κ3) is 3.67. The minimum absolute atomic E-state index is 0.825. The van der Waals surface area contributed by atoms with Crippen LogP contribution in [-0.2, 0) is 5.33 Å². The molecule has 1 unspecified atom stereocenters. The fourth-order valence-electron chi connectivity index (χ4n) is 2.64. The van der Waals surface area contributed by atoms with E-state index < -0.39 is 0 Å². The molecule has 4 heteroatoms. The van der Waals surface area contributed by atoms with Gasteiger partial charge in [0, 0.05) is 30.8 Å². The van der Waals surface area contributed by atoms with Crippen molar-refractivity contribution in [2.75, 3.05) is 18.0 Å². The summed E-state index contributed by atoms with van der Waals surface area (Å²) in [7, 11) is 0. The van der Waals surface area contributed by atoms with Crippen LogP contribution in [0, 0.1) is 5.92 Å². The number of halogens is 1. The standard InChI is InChI=1S/C14H22BrN3/c1-2-4-12-5-3-7-18(8-6-12)14-16-10-13(9-15)11-17-14/h10-12H,2-9H2,1H3. The van der Waals surface area contributed by atoms with E-state index in [0.717, 1.165) is 35.8 Å². The summed E-state index contributed by atoms with van der Waals surface area (Å²) in [5.41, 5.74) is 1.14. The maximum absolute atomic E-state index is 4.47. The van der Waals surface area contributed by atoms with Gasteiger partial charge in [-0.3, -0.25) is 0 Å². The SMILES string of the molecule is CCCC1CCCN(c2ncc(CBr)cn2)CC1. The molecular weight excluding hydrogens is 290 g/mol. The molecule has 0 aliphatic carbocycles. The van der Waals surface area contributed by atoms with Crippen molar-refractivity contribution in [3.8, 4) is 0 Å². The van der Waals surface area contributed by atoms with Gasteiger partial charge in [-0.25, -0.2) is 9.97 Å². The lowest BCUT2D eigenvalue weighted by Gasteiger charge is -2.20. The third-order valence-electron chi connectivity index (χ3n) is 3.67. The molecule has 0 aromatic carbocycles. The lowest BCUT2D eigenvalue weighted by molar-refractivity contribution is 0.435. The van der Waals surface area contributed by atoms with E-state index in [0.29, 0.717) is 0 Å². The second-order valence-electron chi connectivity index (χ2n) is 5.10. The quantitative estimate of drug-likeness (QED) is 0.792. The molecule has 1 aromatic heterocycles. The lowest BCUT2D eigenvalue weighted by atomic mass is 9.96. The van der Waals surface area contributed by atoms with Crippen molar-refractivity contribution in [2.24, 2.45) is 5.92 Å². The number of rotatable bonds is 4. The number of alkyl halides is 1. The largest absolute Gasteiger partial charge is 0.341 e. The summed E-state index contributed by atoms with van der Waals surface area (Å²) >= 11 is 3.42. The Kier molecular flexibility index (Phi) is 5.42. The van der Waals surface area contributed by atoms with E-state index in [2.05, 4.69) is 37.7 Å². The molecule has 0 bridgehead atoms. The summed E-state index contributed by atoms with van der Waals surface area (Å²) in [6.45, 7) is 4.50. The van der Waals surface area contributed by atoms with Gasteiger partial charge in [0.1, 0.15) is 0 Å². The summed E-state index contributed by atoms with van der Waals surface area (Å²) in [6.07, 6.45) is 10.4. The summed E-state index contributed by atoms with van der Waals surface area (Å²) in [5, 5.41) is 0.825. The third-order valence-corrected chi connectivity index (χ3v) is 4.32. The molecular formula is C14H22BrN3. The van der Waals surface area contributed by atoms with Crippen LogP contribution in [0.25, 0.3) is 0 Å². The van der Waals surface area contributed by atoms with Crippen molar-refractivity contribution in [1.82, 2.24) is 9.97 Å². The topological polar surface area (TPSA) is 29.0 Å². The molecule has 100 valence electrons. The molecule has 1 aromatic rings. The number of nitrogens with zero attached hydrogens (tertiary/aromatic N) is 3. The van der Waals surface area contributed by atoms with E-state index >= 15 is 0 Å². The van der Waals surface area contributed by atoms with E-state index in [-0.39, 0.29) is 0 Å². The molecule has 2 rings (SSSR count). The molecule has 1 fully saturated rings. The van der Waals surface area contributed by atoms with Gasteiger partial charge in [-0.1, -0.05) is 35.7 Å². The molecule has 1 aliphatic heterocycles. The Labute approximate surface area is 118 Å². The molecule has 0 radical (unpaired) electrons. The van der Waals surface area contributed by atoms with Crippen molar-refractivity contribution < 1.29 is 0 Å². The van der Waals surface area contributed by atoms with Crippen LogP contribution in [0.15, 0.2) is 12.4 Å². The number of hydrogen-bond donors (Lipinski definition) is 0. The summed E-state index contributed by atoms with van der Waals surface area (Å²) < 4.78 is 0. The molecule has 1 atom stereocenters. The Balaban J connectivity index is 1.96. The highest BCUT2D eigenvalue weighted by Gasteiger charge is 2.17. The predicted molar refractivity (Wildman–Crippen MR) is 79.1 cm³/mol. The van der Waals surface area contributed by atoms with E-state index in [4.69, 9.17) is 0 Å². The van der Waals surface area contributed by atoms with Crippen LogP contribution in [-0.4, -0.2) is 23.1 Å². The van der Waals surface area contributed by atoms with Crippen molar-refractivity contribution in [3.63, 3.8) is 0 Å². The Bertz CT molecular complexity index is 353. The average Bonchev–Trinajstić information content (AvgIpc) is 2.65. The highest BCUT2D eigenvalue weighted by molar-refractivity contribution is 9.08. The molecule has 0 spiro atoms. The van der Waals surface area contributed by atoms with Gasteiger partial charge < -0.3 is 4.90 Å². The average molecular weight is 312 g/mol. The van der Waals surface area contributed by atoms with Gasteiger partial charge in [0.25, 0.3) is 0 Å². The van der Waals surface area contributed by atoms with E-state index in [1.807, 2.05) is 12.4 Å². The van der Waals surface area contributed by atoms with Gasteiger partial charge in [0.05, 0.1) is 0 Å². The molecule has 0 saturated carbocycles. The zero-order valence-corrected chi connectivity index (χ0v) is 12.7. The van der Waals surface area contributed by atoms with Crippen LogP contribution in [0.2, 0.25) is 0 Å². The van der Waals surface area contributed by atoms with Crippen LogP contribution in [0.1, 0.15) is 44.6 Å². The van der Waals surface area contributed by atoms with Gasteiger partial charge in [0.2, 0.25) is 5.95 Å². The van der Waals surface area contributed by atoms with Crippen LogP contribution >= 0.6 is 15.9 Å². The minimum Gasteiger partial charge on any atom is -0.341 e. The van der Waals surface area contributed by atoms with Crippen molar-refractivity contribution in [2.45, 2.75) is 44.4 Å². The Morgan fingerprint density at radius 1 is 1.28 bits per heavy atom. The van der Waals surface area contributed by atoms with Crippen LogP contribution in [0.5, 0.6) is 0 Å². The molecule has 0 N–H and O–H groups in total. The van der Waals surface area contributed by atoms with Gasteiger partial charge in [0.15, 0.2) is 0 Å². The predicted octanol–water partition coefficient (Wildman–Crippen LogP) is 3.78. The first-order valence-electron chi connectivity index (χ1n) is 6.95. The minimum atomic E-state index is 0.825. The Morgan fingerprint density at radius 2 is 2.06 bits per heavy atom. The fourth-order valence-corrected chi connectivity index (χ4v) is 2.93. The van der Waals surface area contributed by atoms with Crippen molar-refractivity contribution >= 4 is 21.9 Å². The van der Waals surface area contributed by atoms with E-state index in [1.54, 1.807) is 0 Å². The molecule has 2 heterocycles. The van der Waals surface area contributed by atoms with Crippen LogP contribution < -0.4 is 4.90 Å². The number of anilines is 1. The zero-order valence-electron chi connectivity index (χ0n) is 11.1. The summed E-state index contributed by atoms with van der Waals surface area (Å²) in [4.78, 5) is 11.3. The first-order chi connectivity index (χ1) is 8.83. The monoisotopic (exact) mass is 311 g/mol. The van der Waals surface area contributed by atoms with Crippen LogP contribution in [0.4, 0.5) is 5.95 Å². The zero-order chi connectivity index (χ0) is 12.8. The fraction of sp³-hybridized carbons (Fsp3) is 0.714. The molecule has 1 saturated heterocycles. The van der Waals surface area contributed by atoms with Gasteiger partial charge in [-0.2, -0.15) is 0 Å². The summed E-state index contributed by atoms with van der Waals surface area (Å²) in [5.74, 6) is 1.80. The molecule has 0 amide bonds. The second-order valence-corrected chi connectivity index (χ2v) is 5.66. The van der Waals surface area contributed by atoms with Gasteiger partial charge in [-0.05, 0) is 30.7 Å².